The number of likely N-dealkylation sites (N-methyl/N-ethyl adjacent to an activating group) is 2. The first-order valence-corrected chi connectivity index (χ1v) is 6.30. The molecule has 0 aromatic rings. The zero-order chi connectivity index (χ0) is 12.0. The van der Waals surface area contributed by atoms with Crippen molar-refractivity contribution >= 4 is 5.91 Å². The van der Waals surface area contributed by atoms with Crippen LogP contribution in [0.25, 0.3) is 0 Å². The first kappa shape index (κ1) is 13.5. The summed E-state index contributed by atoms with van der Waals surface area (Å²) in [6.07, 6.45) is 4.54. The Kier molecular flexibility index (Phi) is 5.77. The molecule has 0 aromatic carbocycles. The van der Waals surface area contributed by atoms with Gasteiger partial charge < -0.3 is 16.0 Å². The highest BCUT2D eigenvalue weighted by Gasteiger charge is 2.31. The number of amides is 1. The summed E-state index contributed by atoms with van der Waals surface area (Å²) >= 11 is 0. The standard InChI is InChI=1S/C12H25N3O/c1-14-7-8-15(2)12(16)11-6-4-3-5-10(11)9-13/h10-11,14H,3-9,13H2,1-2H3. The molecule has 1 aliphatic carbocycles. The SMILES string of the molecule is CNCCN(C)C(=O)C1CCCCC1CN. The first-order valence-electron chi connectivity index (χ1n) is 6.30. The fraction of sp³-hybridized carbons (Fsp3) is 0.917. The summed E-state index contributed by atoms with van der Waals surface area (Å²) in [6.45, 7) is 2.28. The zero-order valence-electron chi connectivity index (χ0n) is 10.5. The smallest absolute Gasteiger partial charge is 0.225 e. The van der Waals surface area contributed by atoms with Crippen LogP contribution in [0.2, 0.25) is 0 Å². The van der Waals surface area contributed by atoms with Crippen LogP contribution in [0.1, 0.15) is 25.7 Å². The number of hydrogen-bond acceptors (Lipinski definition) is 3. The zero-order valence-corrected chi connectivity index (χ0v) is 10.5. The summed E-state index contributed by atoms with van der Waals surface area (Å²) in [7, 11) is 3.80. The van der Waals surface area contributed by atoms with E-state index in [9.17, 15) is 4.79 Å². The monoisotopic (exact) mass is 227 g/mol. The molecule has 2 atom stereocenters. The van der Waals surface area contributed by atoms with E-state index in [1.54, 1.807) is 0 Å². The summed E-state index contributed by atoms with van der Waals surface area (Å²) in [4.78, 5) is 14.1. The van der Waals surface area contributed by atoms with E-state index in [4.69, 9.17) is 5.73 Å². The summed E-state index contributed by atoms with van der Waals surface area (Å²) in [5.74, 6) is 0.851. The van der Waals surface area contributed by atoms with Crippen LogP contribution in [0.4, 0.5) is 0 Å². The molecule has 94 valence electrons. The Bertz CT molecular complexity index is 220. The van der Waals surface area contributed by atoms with Crippen LogP contribution in [-0.4, -0.2) is 44.5 Å². The number of rotatable bonds is 5. The molecule has 1 rings (SSSR count). The maximum Gasteiger partial charge on any atom is 0.225 e. The minimum Gasteiger partial charge on any atom is -0.344 e. The third kappa shape index (κ3) is 3.46. The molecule has 4 heteroatoms. The van der Waals surface area contributed by atoms with Gasteiger partial charge in [0, 0.05) is 26.1 Å². The number of hydrogen-bond donors (Lipinski definition) is 2. The largest absolute Gasteiger partial charge is 0.344 e. The second-order valence-corrected chi connectivity index (χ2v) is 4.75. The number of nitrogens with two attached hydrogens (primary N) is 1. The molecular weight excluding hydrogens is 202 g/mol. The van der Waals surface area contributed by atoms with Gasteiger partial charge in [-0.1, -0.05) is 12.8 Å². The summed E-state index contributed by atoms with van der Waals surface area (Å²) in [5.41, 5.74) is 5.75. The van der Waals surface area contributed by atoms with Crippen LogP contribution >= 0.6 is 0 Å². The lowest BCUT2D eigenvalue weighted by molar-refractivity contribution is -0.137. The third-order valence-corrected chi connectivity index (χ3v) is 3.60. The Balaban J connectivity index is 2.49. The molecule has 0 aliphatic heterocycles. The quantitative estimate of drug-likeness (QED) is 0.716. The maximum atomic E-state index is 12.2. The molecule has 0 heterocycles. The molecule has 0 radical (unpaired) electrons. The van der Waals surface area contributed by atoms with Crippen molar-refractivity contribution in [3.8, 4) is 0 Å². The van der Waals surface area contributed by atoms with Crippen molar-refractivity contribution in [2.45, 2.75) is 25.7 Å². The lowest BCUT2D eigenvalue weighted by Crippen LogP contribution is -2.42. The van der Waals surface area contributed by atoms with Crippen molar-refractivity contribution in [3.63, 3.8) is 0 Å². The van der Waals surface area contributed by atoms with Crippen molar-refractivity contribution in [1.82, 2.24) is 10.2 Å². The predicted octanol–water partition coefficient (Wildman–Crippen LogP) is 0.429. The summed E-state index contributed by atoms with van der Waals surface area (Å²) in [6, 6.07) is 0. The molecule has 0 aromatic heterocycles. The molecule has 4 nitrogen and oxygen atoms in total. The third-order valence-electron chi connectivity index (χ3n) is 3.60. The fourth-order valence-corrected chi connectivity index (χ4v) is 2.49. The average Bonchev–Trinajstić information content (AvgIpc) is 2.34. The Morgan fingerprint density at radius 3 is 2.75 bits per heavy atom. The van der Waals surface area contributed by atoms with Crippen molar-refractivity contribution < 1.29 is 4.79 Å². The molecule has 16 heavy (non-hydrogen) atoms. The van der Waals surface area contributed by atoms with Crippen molar-refractivity contribution in [2.24, 2.45) is 17.6 Å². The normalized spacial score (nSPS) is 25.4. The lowest BCUT2D eigenvalue weighted by atomic mass is 9.78. The van der Waals surface area contributed by atoms with Gasteiger partial charge in [-0.25, -0.2) is 0 Å². The van der Waals surface area contributed by atoms with Crippen LogP contribution < -0.4 is 11.1 Å². The molecule has 0 bridgehead atoms. The number of nitrogens with one attached hydrogen (secondary N) is 1. The van der Waals surface area contributed by atoms with Gasteiger partial charge in [0.2, 0.25) is 5.91 Å². The molecule has 1 amide bonds. The van der Waals surface area contributed by atoms with Gasteiger partial charge in [-0.05, 0) is 32.4 Å². The van der Waals surface area contributed by atoms with Gasteiger partial charge in [-0.3, -0.25) is 4.79 Å². The fourth-order valence-electron chi connectivity index (χ4n) is 2.49. The van der Waals surface area contributed by atoms with Gasteiger partial charge >= 0.3 is 0 Å². The van der Waals surface area contributed by atoms with E-state index in [1.807, 2.05) is 19.0 Å². The molecule has 0 spiro atoms. The molecule has 1 aliphatic rings. The van der Waals surface area contributed by atoms with Crippen molar-refractivity contribution in [3.05, 3.63) is 0 Å². The molecule has 1 fully saturated rings. The van der Waals surface area contributed by atoms with Crippen LogP contribution in [-0.2, 0) is 4.79 Å². The van der Waals surface area contributed by atoms with Crippen LogP contribution in [0.5, 0.6) is 0 Å². The second kappa shape index (κ2) is 6.86. The van der Waals surface area contributed by atoms with E-state index in [0.29, 0.717) is 12.5 Å². The van der Waals surface area contributed by atoms with E-state index in [2.05, 4.69) is 5.32 Å². The van der Waals surface area contributed by atoms with Gasteiger partial charge in [-0.15, -0.1) is 0 Å². The van der Waals surface area contributed by atoms with Gasteiger partial charge in [0.05, 0.1) is 0 Å². The van der Waals surface area contributed by atoms with E-state index in [1.165, 1.54) is 12.8 Å². The molecule has 0 saturated heterocycles. The summed E-state index contributed by atoms with van der Waals surface area (Å²) < 4.78 is 0. The molecule has 2 unspecified atom stereocenters. The topological polar surface area (TPSA) is 58.4 Å². The Morgan fingerprint density at radius 2 is 2.12 bits per heavy atom. The number of carbonyl (C=O) groups excluding carboxylic acids is 1. The molecule has 1 saturated carbocycles. The Hall–Kier alpha value is -0.610. The van der Waals surface area contributed by atoms with Crippen LogP contribution in [0.15, 0.2) is 0 Å². The van der Waals surface area contributed by atoms with Gasteiger partial charge in [-0.2, -0.15) is 0 Å². The second-order valence-electron chi connectivity index (χ2n) is 4.75. The van der Waals surface area contributed by atoms with E-state index < -0.39 is 0 Å². The minimum atomic E-state index is 0.167. The Labute approximate surface area is 98.6 Å². The highest BCUT2D eigenvalue weighted by molar-refractivity contribution is 5.79. The van der Waals surface area contributed by atoms with E-state index >= 15 is 0 Å². The first-order chi connectivity index (χ1) is 7.70. The van der Waals surface area contributed by atoms with Crippen LogP contribution in [0, 0.1) is 11.8 Å². The predicted molar refractivity (Wildman–Crippen MR) is 66.1 cm³/mol. The van der Waals surface area contributed by atoms with Gasteiger partial charge in [0.1, 0.15) is 0 Å². The van der Waals surface area contributed by atoms with Crippen LogP contribution in [0.3, 0.4) is 0 Å². The van der Waals surface area contributed by atoms with E-state index in [-0.39, 0.29) is 11.8 Å². The highest BCUT2D eigenvalue weighted by atomic mass is 16.2. The average molecular weight is 227 g/mol. The Morgan fingerprint density at radius 1 is 1.44 bits per heavy atom. The van der Waals surface area contributed by atoms with Gasteiger partial charge in [0.15, 0.2) is 0 Å². The minimum absolute atomic E-state index is 0.167. The van der Waals surface area contributed by atoms with E-state index in [0.717, 1.165) is 25.9 Å². The highest BCUT2D eigenvalue weighted by Crippen LogP contribution is 2.30. The number of carbonyl (C=O) groups is 1. The maximum absolute atomic E-state index is 12.2. The van der Waals surface area contributed by atoms with Crippen molar-refractivity contribution in [2.75, 3.05) is 33.7 Å². The van der Waals surface area contributed by atoms with Crippen molar-refractivity contribution in [1.29, 1.82) is 0 Å². The molecular formula is C12H25N3O. The number of nitrogens with zero attached hydrogens (tertiary/aromatic N) is 1. The molecule has 3 N–H and O–H groups in total. The van der Waals surface area contributed by atoms with Gasteiger partial charge in [0.25, 0.3) is 0 Å². The lowest BCUT2D eigenvalue weighted by Gasteiger charge is -2.32. The summed E-state index contributed by atoms with van der Waals surface area (Å²) in [5, 5.41) is 3.06.